The summed E-state index contributed by atoms with van der Waals surface area (Å²) in [5, 5.41) is 3.85. The molecular formula is C24H29ClN4O3S. The van der Waals surface area contributed by atoms with E-state index in [1.165, 1.54) is 11.3 Å². The van der Waals surface area contributed by atoms with Gasteiger partial charge in [-0.2, -0.15) is 0 Å². The van der Waals surface area contributed by atoms with E-state index >= 15 is 0 Å². The summed E-state index contributed by atoms with van der Waals surface area (Å²) in [6, 6.07) is 8.68. The van der Waals surface area contributed by atoms with E-state index in [-0.39, 0.29) is 23.6 Å². The Hall–Kier alpha value is -2.42. The number of carbonyl (C=O) groups excluding carboxylic acids is 3. The van der Waals surface area contributed by atoms with Gasteiger partial charge in [-0.15, -0.1) is 11.3 Å². The number of carbonyl (C=O) groups is 3. The van der Waals surface area contributed by atoms with Crippen molar-refractivity contribution in [1.82, 2.24) is 14.7 Å². The number of nitrogens with one attached hydrogen (secondary N) is 1. The maximum Gasteiger partial charge on any atom is 0.264 e. The number of piperazine rings is 1. The number of piperidine rings is 1. The first-order valence-corrected chi connectivity index (χ1v) is 12.5. The lowest BCUT2D eigenvalue weighted by atomic mass is 9.94. The molecule has 0 spiro atoms. The van der Waals surface area contributed by atoms with Crippen molar-refractivity contribution in [2.24, 2.45) is 5.92 Å². The molecule has 1 aromatic heterocycles. The third kappa shape index (κ3) is 5.39. The van der Waals surface area contributed by atoms with E-state index in [2.05, 4.69) is 17.3 Å². The molecule has 1 N–H and O–H groups in total. The van der Waals surface area contributed by atoms with Gasteiger partial charge in [0, 0.05) is 45.2 Å². The number of likely N-dealkylation sites (tertiary alicyclic amines) is 1. The van der Waals surface area contributed by atoms with Gasteiger partial charge in [-0.05, 0) is 50.6 Å². The molecule has 3 amide bonds. The predicted octanol–water partition coefficient (Wildman–Crippen LogP) is 3.59. The fourth-order valence-electron chi connectivity index (χ4n) is 4.34. The van der Waals surface area contributed by atoms with E-state index in [1.807, 2.05) is 22.8 Å². The lowest BCUT2D eigenvalue weighted by Gasteiger charge is -2.37. The molecule has 0 aliphatic carbocycles. The van der Waals surface area contributed by atoms with Gasteiger partial charge < -0.3 is 20.0 Å². The molecule has 2 fully saturated rings. The SMILES string of the molecule is Cc1cc(NC(=O)c2ccccc2Cl)sc1C(=O)N1CCC(C(=O)N2CCN(C)CC2)CC1. The third-order valence-electron chi connectivity index (χ3n) is 6.41. The van der Waals surface area contributed by atoms with Crippen molar-refractivity contribution in [2.45, 2.75) is 19.8 Å². The van der Waals surface area contributed by atoms with Crippen molar-refractivity contribution in [1.29, 1.82) is 0 Å². The van der Waals surface area contributed by atoms with Gasteiger partial charge in [0.25, 0.3) is 11.8 Å². The Kier molecular flexibility index (Phi) is 7.36. The van der Waals surface area contributed by atoms with Gasteiger partial charge in [-0.25, -0.2) is 0 Å². The van der Waals surface area contributed by atoms with Crippen LogP contribution < -0.4 is 5.32 Å². The molecule has 0 bridgehead atoms. The number of thiophene rings is 1. The summed E-state index contributed by atoms with van der Waals surface area (Å²) in [6.07, 6.45) is 1.38. The number of aryl methyl sites for hydroxylation is 1. The van der Waals surface area contributed by atoms with Gasteiger partial charge >= 0.3 is 0 Å². The number of rotatable bonds is 4. The minimum atomic E-state index is -0.302. The van der Waals surface area contributed by atoms with Gasteiger partial charge in [0.15, 0.2) is 0 Å². The highest BCUT2D eigenvalue weighted by atomic mass is 35.5. The molecular weight excluding hydrogens is 460 g/mol. The topological polar surface area (TPSA) is 73.0 Å². The molecule has 2 aliphatic rings. The van der Waals surface area contributed by atoms with Crippen molar-refractivity contribution in [3.8, 4) is 0 Å². The van der Waals surface area contributed by atoms with Gasteiger partial charge in [0.2, 0.25) is 5.91 Å². The summed E-state index contributed by atoms with van der Waals surface area (Å²) >= 11 is 7.39. The first-order chi connectivity index (χ1) is 15.8. The highest BCUT2D eigenvalue weighted by Gasteiger charge is 2.32. The molecule has 0 unspecified atom stereocenters. The summed E-state index contributed by atoms with van der Waals surface area (Å²) in [7, 11) is 2.08. The Balaban J connectivity index is 1.34. The second-order valence-corrected chi connectivity index (χ2v) is 10.2. The molecule has 1 aromatic carbocycles. The van der Waals surface area contributed by atoms with Gasteiger partial charge in [0.05, 0.1) is 20.5 Å². The number of hydrogen-bond donors (Lipinski definition) is 1. The molecule has 33 heavy (non-hydrogen) atoms. The average molecular weight is 489 g/mol. The maximum absolute atomic E-state index is 13.2. The van der Waals surface area contributed by atoms with E-state index in [9.17, 15) is 14.4 Å². The largest absolute Gasteiger partial charge is 0.340 e. The van der Waals surface area contributed by atoms with Crippen LogP contribution in [0.3, 0.4) is 0 Å². The highest BCUT2D eigenvalue weighted by molar-refractivity contribution is 7.18. The molecule has 2 saturated heterocycles. The van der Waals surface area contributed by atoms with Crippen molar-refractivity contribution < 1.29 is 14.4 Å². The molecule has 3 heterocycles. The van der Waals surface area contributed by atoms with E-state index in [1.54, 1.807) is 24.3 Å². The molecule has 0 radical (unpaired) electrons. The zero-order valence-electron chi connectivity index (χ0n) is 19.0. The van der Waals surface area contributed by atoms with Crippen LogP contribution in [-0.2, 0) is 4.79 Å². The normalized spacial score (nSPS) is 17.8. The Morgan fingerprint density at radius 3 is 2.33 bits per heavy atom. The molecule has 4 rings (SSSR count). The summed E-state index contributed by atoms with van der Waals surface area (Å²) in [6.45, 7) is 6.41. The van der Waals surface area contributed by atoms with Crippen LogP contribution in [0, 0.1) is 12.8 Å². The molecule has 7 nitrogen and oxygen atoms in total. The lowest BCUT2D eigenvalue weighted by Crippen LogP contribution is -2.51. The van der Waals surface area contributed by atoms with Crippen molar-refractivity contribution in [3.05, 3.63) is 51.4 Å². The second-order valence-electron chi connectivity index (χ2n) is 8.75. The summed E-state index contributed by atoms with van der Waals surface area (Å²) < 4.78 is 0. The molecule has 2 aliphatic heterocycles. The van der Waals surface area contributed by atoms with Gasteiger partial charge in [-0.3, -0.25) is 14.4 Å². The quantitative estimate of drug-likeness (QED) is 0.713. The fraction of sp³-hybridized carbons (Fsp3) is 0.458. The Morgan fingerprint density at radius 1 is 1.00 bits per heavy atom. The van der Waals surface area contributed by atoms with Crippen molar-refractivity contribution in [3.63, 3.8) is 0 Å². The average Bonchev–Trinajstić information content (AvgIpc) is 3.18. The number of benzene rings is 1. The van der Waals surface area contributed by atoms with Crippen LogP contribution in [0.4, 0.5) is 5.00 Å². The Bertz CT molecular complexity index is 1040. The number of amides is 3. The molecule has 9 heteroatoms. The smallest absolute Gasteiger partial charge is 0.264 e. The number of likely N-dealkylation sites (N-methyl/N-ethyl adjacent to an activating group) is 1. The summed E-state index contributed by atoms with van der Waals surface area (Å²) in [5.41, 5.74) is 1.22. The van der Waals surface area contributed by atoms with Crippen LogP contribution in [0.1, 0.15) is 38.4 Å². The number of hydrogen-bond acceptors (Lipinski definition) is 5. The number of nitrogens with zero attached hydrogens (tertiary/aromatic N) is 3. The molecule has 176 valence electrons. The van der Waals surface area contributed by atoms with Crippen LogP contribution in [-0.4, -0.2) is 78.7 Å². The minimum absolute atomic E-state index is 0.00708. The maximum atomic E-state index is 13.2. The Labute approximate surface area is 203 Å². The summed E-state index contributed by atoms with van der Waals surface area (Å²) in [4.78, 5) is 45.2. The standard InChI is InChI=1S/C24H29ClN4O3S/c1-16-15-20(26-22(30)18-5-3-4-6-19(18)25)33-21(16)24(32)28-9-7-17(8-10-28)23(31)29-13-11-27(2)12-14-29/h3-6,15,17H,7-14H2,1-2H3,(H,26,30). The molecule has 2 aromatic rings. The predicted molar refractivity (Wildman–Crippen MR) is 131 cm³/mol. The van der Waals surface area contributed by atoms with E-state index in [4.69, 9.17) is 11.6 Å². The second kappa shape index (κ2) is 10.2. The minimum Gasteiger partial charge on any atom is -0.340 e. The highest BCUT2D eigenvalue weighted by Crippen LogP contribution is 2.30. The van der Waals surface area contributed by atoms with E-state index in [0.29, 0.717) is 46.4 Å². The van der Waals surface area contributed by atoms with E-state index in [0.717, 1.165) is 31.7 Å². The molecule has 0 saturated carbocycles. The first-order valence-electron chi connectivity index (χ1n) is 11.3. The van der Waals surface area contributed by atoms with Crippen LogP contribution in [0.5, 0.6) is 0 Å². The lowest BCUT2D eigenvalue weighted by molar-refractivity contribution is -0.138. The molecule has 0 atom stereocenters. The van der Waals surface area contributed by atoms with Gasteiger partial charge in [-0.1, -0.05) is 23.7 Å². The van der Waals surface area contributed by atoms with E-state index < -0.39 is 0 Å². The van der Waals surface area contributed by atoms with Crippen LogP contribution >= 0.6 is 22.9 Å². The zero-order valence-corrected chi connectivity index (χ0v) is 20.5. The first kappa shape index (κ1) is 23.7. The number of halogens is 1. The van der Waals surface area contributed by atoms with Gasteiger partial charge in [0.1, 0.15) is 0 Å². The summed E-state index contributed by atoms with van der Waals surface area (Å²) in [5.74, 6) is -0.121. The number of anilines is 1. The van der Waals surface area contributed by atoms with Crippen LogP contribution in [0.15, 0.2) is 30.3 Å². The van der Waals surface area contributed by atoms with Crippen LogP contribution in [0.25, 0.3) is 0 Å². The monoisotopic (exact) mass is 488 g/mol. The third-order valence-corrected chi connectivity index (χ3v) is 7.88. The fourth-order valence-corrected chi connectivity index (χ4v) is 5.60. The van der Waals surface area contributed by atoms with Crippen molar-refractivity contribution >= 4 is 45.7 Å². The Morgan fingerprint density at radius 2 is 1.67 bits per heavy atom. The van der Waals surface area contributed by atoms with Crippen LogP contribution in [0.2, 0.25) is 5.02 Å². The zero-order chi connectivity index (χ0) is 23.5. The van der Waals surface area contributed by atoms with Crippen molar-refractivity contribution in [2.75, 3.05) is 51.6 Å².